The summed E-state index contributed by atoms with van der Waals surface area (Å²) in [7, 11) is 0. The minimum absolute atomic E-state index is 0.284. The first kappa shape index (κ1) is 16.2. The maximum atomic E-state index is 9.61. The highest BCUT2D eigenvalue weighted by Crippen LogP contribution is 2.38. The Morgan fingerprint density at radius 2 is 0.846 bits per heavy atom. The van der Waals surface area contributed by atoms with Crippen molar-refractivity contribution in [2.24, 2.45) is 0 Å². The SMILES string of the molecule is Cc1ccc(-c2ccccc2-c2ccccc2-c2ccc(O)cc2)cc1. The molecule has 0 saturated heterocycles. The first-order valence-corrected chi connectivity index (χ1v) is 8.77. The zero-order valence-electron chi connectivity index (χ0n) is 14.7. The van der Waals surface area contributed by atoms with Gasteiger partial charge in [0.25, 0.3) is 0 Å². The van der Waals surface area contributed by atoms with Gasteiger partial charge in [0, 0.05) is 0 Å². The molecule has 0 radical (unpaired) electrons. The molecular weight excluding hydrogens is 316 g/mol. The van der Waals surface area contributed by atoms with Gasteiger partial charge in [0.15, 0.2) is 0 Å². The molecule has 0 aliphatic carbocycles. The van der Waals surface area contributed by atoms with Crippen LogP contribution in [0.2, 0.25) is 0 Å². The lowest BCUT2D eigenvalue weighted by Crippen LogP contribution is -1.89. The summed E-state index contributed by atoms with van der Waals surface area (Å²) in [6.07, 6.45) is 0. The Morgan fingerprint density at radius 3 is 1.31 bits per heavy atom. The number of aryl methyl sites for hydroxylation is 1. The number of benzene rings is 4. The molecule has 0 spiro atoms. The summed E-state index contributed by atoms with van der Waals surface area (Å²) in [5.41, 5.74) is 8.35. The van der Waals surface area contributed by atoms with Gasteiger partial charge in [-0.2, -0.15) is 0 Å². The van der Waals surface area contributed by atoms with Crippen LogP contribution < -0.4 is 0 Å². The normalized spacial score (nSPS) is 10.7. The van der Waals surface area contributed by atoms with Crippen molar-refractivity contribution in [3.8, 4) is 39.1 Å². The molecule has 0 aliphatic heterocycles. The van der Waals surface area contributed by atoms with Gasteiger partial charge in [-0.25, -0.2) is 0 Å². The van der Waals surface area contributed by atoms with Crippen LogP contribution in [0.3, 0.4) is 0 Å². The zero-order valence-corrected chi connectivity index (χ0v) is 14.7. The lowest BCUT2D eigenvalue weighted by atomic mass is 9.89. The predicted octanol–water partition coefficient (Wildman–Crippen LogP) is 6.70. The maximum Gasteiger partial charge on any atom is 0.115 e. The van der Waals surface area contributed by atoms with Crippen LogP contribution >= 0.6 is 0 Å². The molecule has 0 heterocycles. The molecule has 0 aliphatic rings. The molecule has 0 unspecified atom stereocenters. The molecule has 4 aromatic rings. The van der Waals surface area contributed by atoms with E-state index in [0.29, 0.717) is 0 Å². The smallest absolute Gasteiger partial charge is 0.115 e. The minimum atomic E-state index is 0.284. The lowest BCUT2D eigenvalue weighted by Gasteiger charge is -2.15. The van der Waals surface area contributed by atoms with E-state index in [1.54, 1.807) is 12.1 Å². The summed E-state index contributed by atoms with van der Waals surface area (Å²) in [4.78, 5) is 0. The average molecular weight is 336 g/mol. The van der Waals surface area contributed by atoms with E-state index in [-0.39, 0.29) is 5.75 Å². The van der Waals surface area contributed by atoms with Crippen LogP contribution in [0.4, 0.5) is 0 Å². The lowest BCUT2D eigenvalue weighted by molar-refractivity contribution is 0.475. The Kier molecular flexibility index (Phi) is 4.28. The van der Waals surface area contributed by atoms with Crippen molar-refractivity contribution < 1.29 is 5.11 Å². The van der Waals surface area contributed by atoms with Gasteiger partial charge >= 0.3 is 0 Å². The second-order valence-electron chi connectivity index (χ2n) is 6.50. The predicted molar refractivity (Wildman–Crippen MR) is 109 cm³/mol. The fourth-order valence-electron chi connectivity index (χ4n) is 3.31. The van der Waals surface area contributed by atoms with Crippen LogP contribution in [0.15, 0.2) is 97.1 Å². The van der Waals surface area contributed by atoms with Crippen molar-refractivity contribution in [2.75, 3.05) is 0 Å². The van der Waals surface area contributed by atoms with Crippen molar-refractivity contribution >= 4 is 0 Å². The van der Waals surface area contributed by atoms with Gasteiger partial charge < -0.3 is 5.11 Å². The van der Waals surface area contributed by atoms with Crippen molar-refractivity contribution in [3.63, 3.8) is 0 Å². The molecule has 0 amide bonds. The van der Waals surface area contributed by atoms with Crippen molar-refractivity contribution in [3.05, 3.63) is 103 Å². The average Bonchev–Trinajstić information content (AvgIpc) is 2.69. The van der Waals surface area contributed by atoms with Crippen LogP contribution in [-0.2, 0) is 0 Å². The third kappa shape index (κ3) is 3.12. The van der Waals surface area contributed by atoms with Crippen molar-refractivity contribution in [2.45, 2.75) is 6.92 Å². The van der Waals surface area contributed by atoms with E-state index in [1.807, 2.05) is 12.1 Å². The fraction of sp³-hybridized carbons (Fsp3) is 0.0400. The van der Waals surface area contributed by atoms with Gasteiger partial charge in [-0.1, -0.05) is 90.5 Å². The van der Waals surface area contributed by atoms with E-state index >= 15 is 0 Å². The van der Waals surface area contributed by atoms with Crippen molar-refractivity contribution in [1.29, 1.82) is 0 Å². The second-order valence-corrected chi connectivity index (χ2v) is 6.50. The molecule has 126 valence electrons. The number of rotatable bonds is 3. The Bertz CT molecular complexity index is 941. The first-order valence-electron chi connectivity index (χ1n) is 8.77. The van der Waals surface area contributed by atoms with Gasteiger partial charge in [0.1, 0.15) is 5.75 Å². The number of phenols is 1. The van der Waals surface area contributed by atoms with Crippen LogP contribution in [0.5, 0.6) is 5.75 Å². The van der Waals surface area contributed by atoms with Crippen LogP contribution in [0, 0.1) is 6.92 Å². The monoisotopic (exact) mass is 336 g/mol. The third-order valence-electron chi connectivity index (χ3n) is 4.69. The van der Waals surface area contributed by atoms with E-state index in [2.05, 4.69) is 79.7 Å². The van der Waals surface area contributed by atoms with Gasteiger partial charge in [-0.05, 0) is 52.4 Å². The van der Waals surface area contributed by atoms with E-state index in [9.17, 15) is 5.11 Å². The Labute approximate surface area is 154 Å². The summed E-state index contributed by atoms with van der Waals surface area (Å²) >= 11 is 0. The highest BCUT2D eigenvalue weighted by atomic mass is 16.3. The van der Waals surface area contributed by atoms with E-state index in [1.165, 1.54) is 27.8 Å². The Balaban J connectivity index is 1.90. The summed E-state index contributed by atoms with van der Waals surface area (Å²) in [6, 6.07) is 33.0. The third-order valence-corrected chi connectivity index (χ3v) is 4.69. The molecule has 1 nitrogen and oxygen atoms in total. The van der Waals surface area contributed by atoms with Crippen molar-refractivity contribution in [1.82, 2.24) is 0 Å². The first-order chi connectivity index (χ1) is 12.7. The summed E-state index contributed by atoms with van der Waals surface area (Å²) in [5, 5.41) is 9.61. The van der Waals surface area contributed by atoms with Crippen LogP contribution in [0.25, 0.3) is 33.4 Å². The van der Waals surface area contributed by atoms with Gasteiger partial charge in [0.2, 0.25) is 0 Å². The molecule has 0 fully saturated rings. The second kappa shape index (κ2) is 6.89. The van der Waals surface area contributed by atoms with E-state index < -0.39 is 0 Å². The van der Waals surface area contributed by atoms with E-state index in [4.69, 9.17) is 0 Å². The number of hydrogen-bond acceptors (Lipinski definition) is 1. The molecule has 0 saturated carbocycles. The molecule has 4 aromatic carbocycles. The van der Waals surface area contributed by atoms with Gasteiger partial charge in [-0.3, -0.25) is 0 Å². The molecule has 0 aromatic heterocycles. The molecule has 0 atom stereocenters. The van der Waals surface area contributed by atoms with Crippen LogP contribution in [0.1, 0.15) is 5.56 Å². The summed E-state index contributed by atoms with van der Waals surface area (Å²) in [6.45, 7) is 2.11. The quantitative estimate of drug-likeness (QED) is 0.441. The minimum Gasteiger partial charge on any atom is -0.508 e. The Morgan fingerprint density at radius 1 is 0.462 bits per heavy atom. The summed E-state index contributed by atoms with van der Waals surface area (Å²) < 4.78 is 0. The molecular formula is C25H20O. The standard InChI is InChI=1S/C25H20O/c1-18-10-12-19(13-11-18)22-6-2-4-8-24(22)25-9-5-3-7-23(25)20-14-16-21(26)17-15-20/h2-17,26H,1H3. The molecule has 0 bridgehead atoms. The van der Waals surface area contributed by atoms with Gasteiger partial charge in [0.05, 0.1) is 0 Å². The number of hydrogen-bond donors (Lipinski definition) is 1. The molecule has 1 heteroatoms. The Hall–Kier alpha value is -3.32. The maximum absolute atomic E-state index is 9.61. The summed E-state index contributed by atoms with van der Waals surface area (Å²) in [5.74, 6) is 0.284. The van der Waals surface area contributed by atoms with E-state index in [0.717, 1.165) is 11.1 Å². The number of phenolic OH excluding ortho intramolecular Hbond substituents is 1. The van der Waals surface area contributed by atoms with Gasteiger partial charge in [-0.15, -0.1) is 0 Å². The largest absolute Gasteiger partial charge is 0.508 e. The highest BCUT2D eigenvalue weighted by Gasteiger charge is 2.11. The number of aromatic hydroxyl groups is 1. The topological polar surface area (TPSA) is 20.2 Å². The fourth-order valence-corrected chi connectivity index (χ4v) is 3.31. The van der Waals surface area contributed by atoms with Crippen LogP contribution in [-0.4, -0.2) is 5.11 Å². The molecule has 1 N–H and O–H groups in total. The zero-order chi connectivity index (χ0) is 17.9. The molecule has 26 heavy (non-hydrogen) atoms. The molecule has 4 rings (SSSR count). The highest BCUT2D eigenvalue weighted by molar-refractivity contribution is 5.91.